The van der Waals surface area contributed by atoms with Gasteiger partial charge < -0.3 is 9.88 Å². The molecule has 3 rings (SSSR count). The largest absolute Gasteiger partial charge is 0.325 e. The molecule has 0 atom stereocenters. The molecule has 1 N–H and O–H groups in total. The lowest BCUT2D eigenvalue weighted by Crippen LogP contribution is -2.14. The smallest absolute Gasteiger partial charge is 0.234 e. The van der Waals surface area contributed by atoms with Gasteiger partial charge in [-0.2, -0.15) is 5.26 Å². The number of hydrogen-bond acceptors (Lipinski definition) is 6. The van der Waals surface area contributed by atoms with Crippen LogP contribution in [-0.2, 0) is 11.8 Å². The second-order valence-corrected chi connectivity index (χ2v) is 6.59. The van der Waals surface area contributed by atoms with Gasteiger partial charge in [-0.25, -0.2) is 0 Å². The molecule has 0 saturated carbocycles. The number of carbonyl (C=O) groups is 1. The SMILES string of the molecule is Cn1c(SCC(=O)Nc2ccc(C#N)c(Cl)c2)nnc1-c1ccncc1. The fraction of sp³-hybridized carbons (Fsp3) is 0.118. The molecule has 0 spiro atoms. The van der Waals surface area contributed by atoms with Gasteiger partial charge in [0.2, 0.25) is 5.91 Å². The summed E-state index contributed by atoms with van der Waals surface area (Å²) in [6.07, 6.45) is 3.37. The lowest BCUT2D eigenvalue weighted by Gasteiger charge is -2.06. The van der Waals surface area contributed by atoms with Crippen LogP contribution in [0.2, 0.25) is 5.02 Å². The lowest BCUT2D eigenvalue weighted by molar-refractivity contribution is -0.113. The number of benzene rings is 1. The van der Waals surface area contributed by atoms with Gasteiger partial charge in [0.05, 0.1) is 16.3 Å². The maximum absolute atomic E-state index is 12.1. The molecule has 0 aliphatic heterocycles. The summed E-state index contributed by atoms with van der Waals surface area (Å²) >= 11 is 7.24. The van der Waals surface area contributed by atoms with Crippen molar-refractivity contribution in [3.05, 3.63) is 53.3 Å². The Morgan fingerprint density at radius 1 is 1.31 bits per heavy atom. The molecule has 0 aliphatic rings. The van der Waals surface area contributed by atoms with Crippen molar-refractivity contribution < 1.29 is 4.79 Å². The van der Waals surface area contributed by atoms with Gasteiger partial charge in [0.15, 0.2) is 11.0 Å². The van der Waals surface area contributed by atoms with E-state index >= 15 is 0 Å². The second kappa shape index (κ2) is 7.99. The van der Waals surface area contributed by atoms with E-state index in [0.717, 1.165) is 5.56 Å². The zero-order valence-corrected chi connectivity index (χ0v) is 15.3. The predicted molar refractivity (Wildman–Crippen MR) is 99.8 cm³/mol. The van der Waals surface area contributed by atoms with Crippen molar-refractivity contribution in [2.45, 2.75) is 5.16 Å². The summed E-state index contributed by atoms with van der Waals surface area (Å²) in [6.45, 7) is 0. The predicted octanol–water partition coefficient (Wildman–Crippen LogP) is 3.13. The molecule has 1 aromatic carbocycles. The van der Waals surface area contributed by atoms with Crippen LogP contribution in [0.5, 0.6) is 0 Å². The lowest BCUT2D eigenvalue weighted by atomic mass is 10.2. The second-order valence-electron chi connectivity index (χ2n) is 5.24. The minimum Gasteiger partial charge on any atom is -0.325 e. The van der Waals surface area contributed by atoms with Crippen LogP contribution in [0, 0.1) is 11.3 Å². The van der Waals surface area contributed by atoms with Crippen molar-refractivity contribution in [2.24, 2.45) is 7.05 Å². The van der Waals surface area contributed by atoms with Crippen LogP contribution in [0.15, 0.2) is 47.9 Å². The highest BCUT2D eigenvalue weighted by Gasteiger charge is 2.13. The molecule has 3 aromatic rings. The molecule has 0 fully saturated rings. The molecule has 7 nitrogen and oxygen atoms in total. The number of pyridine rings is 1. The Morgan fingerprint density at radius 3 is 2.77 bits per heavy atom. The van der Waals surface area contributed by atoms with Crippen molar-refractivity contribution in [1.29, 1.82) is 5.26 Å². The Hall–Kier alpha value is -2.89. The molecule has 1 amide bonds. The standard InChI is InChI=1S/C17H13ClN6OS/c1-24-16(11-4-6-20-7-5-11)22-23-17(24)26-10-15(25)21-13-3-2-12(9-19)14(18)8-13/h2-8H,10H2,1H3,(H,21,25). The molecule has 2 heterocycles. The number of nitriles is 1. The van der Waals surface area contributed by atoms with Crippen LogP contribution >= 0.6 is 23.4 Å². The molecule has 0 saturated heterocycles. The van der Waals surface area contributed by atoms with E-state index in [-0.39, 0.29) is 11.7 Å². The van der Waals surface area contributed by atoms with E-state index < -0.39 is 0 Å². The Morgan fingerprint density at radius 2 is 2.08 bits per heavy atom. The molecule has 130 valence electrons. The summed E-state index contributed by atoms with van der Waals surface area (Å²) in [5.41, 5.74) is 1.80. The van der Waals surface area contributed by atoms with Gasteiger partial charge in [0, 0.05) is 30.7 Å². The van der Waals surface area contributed by atoms with E-state index in [2.05, 4.69) is 20.5 Å². The van der Waals surface area contributed by atoms with Crippen LogP contribution in [0.1, 0.15) is 5.56 Å². The fourth-order valence-corrected chi connectivity index (χ4v) is 3.14. The van der Waals surface area contributed by atoms with Crippen molar-refractivity contribution in [3.8, 4) is 17.5 Å². The maximum atomic E-state index is 12.1. The van der Waals surface area contributed by atoms with Crippen molar-refractivity contribution >= 4 is 35.0 Å². The summed E-state index contributed by atoms with van der Waals surface area (Å²) in [5, 5.41) is 20.8. The number of amides is 1. The van der Waals surface area contributed by atoms with Crippen LogP contribution in [0.4, 0.5) is 5.69 Å². The van der Waals surface area contributed by atoms with E-state index in [1.54, 1.807) is 30.6 Å². The van der Waals surface area contributed by atoms with Gasteiger partial charge in [-0.1, -0.05) is 23.4 Å². The van der Waals surface area contributed by atoms with Gasteiger partial charge in [-0.3, -0.25) is 9.78 Å². The molecule has 0 radical (unpaired) electrons. The fourth-order valence-electron chi connectivity index (χ4n) is 2.20. The first-order chi connectivity index (χ1) is 12.6. The van der Waals surface area contributed by atoms with Crippen LogP contribution in [-0.4, -0.2) is 31.4 Å². The van der Waals surface area contributed by atoms with Gasteiger partial charge in [-0.15, -0.1) is 10.2 Å². The average molecular weight is 385 g/mol. The van der Waals surface area contributed by atoms with E-state index in [0.29, 0.717) is 27.3 Å². The van der Waals surface area contributed by atoms with Gasteiger partial charge >= 0.3 is 0 Å². The van der Waals surface area contributed by atoms with E-state index in [1.165, 1.54) is 11.8 Å². The molecular weight excluding hydrogens is 372 g/mol. The highest BCUT2D eigenvalue weighted by atomic mass is 35.5. The number of anilines is 1. The molecule has 0 bridgehead atoms. The number of carbonyl (C=O) groups excluding carboxylic acids is 1. The highest BCUT2D eigenvalue weighted by molar-refractivity contribution is 7.99. The zero-order chi connectivity index (χ0) is 18.5. The zero-order valence-electron chi connectivity index (χ0n) is 13.7. The van der Waals surface area contributed by atoms with Crippen LogP contribution < -0.4 is 5.32 Å². The third kappa shape index (κ3) is 4.02. The Bertz CT molecular complexity index is 983. The molecule has 9 heteroatoms. The molecule has 0 unspecified atom stereocenters. The van der Waals surface area contributed by atoms with Gasteiger partial charge in [-0.05, 0) is 30.3 Å². The van der Waals surface area contributed by atoms with Crippen LogP contribution in [0.3, 0.4) is 0 Å². The van der Waals surface area contributed by atoms with Crippen molar-refractivity contribution in [2.75, 3.05) is 11.1 Å². The first-order valence-corrected chi connectivity index (χ1v) is 8.87. The van der Waals surface area contributed by atoms with E-state index in [1.807, 2.05) is 29.8 Å². The number of thioether (sulfide) groups is 1. The Balaban J connectivity index is 1.63. The Kier molecular flexibility index (Phi) is 5.51. The Labute approximate surface area is 159 Å². The molecule has 0 aliphatic carbocycles. The number of hydrogen-bond donors (Lipinski definition) is 1. The summed E-state index contributed by atoms with van der Waals surface area (Å²) < 4.78 is 1.83. The van der Waals surface area contributed by atoms with E-state index in [4.69, 9.17) is 16.9 Å². The summed E-state index contributed by atoms with van der Waals surface area (Å²) in [5.74, 6) is 0.665. The third-order valence-electron chi connectivity index (χ3n) is 3.48. The molecule has 2 aromatic heterocycles. The quantitative estimate of drug-likeness (QED) is 0.679. The van der Waals surface area contributed by atoms with Crippen molar-refractivity contribution in [1.82, 2.24) is 19.7 Å². The number of rotatable bonds is 5. The first kappa shape index (κ1) is 17.9. The van der Waals surface area contributed by atoms with E-state index in [9.17, 15) is 4.79 Å². The monoisotopic (exact) mass is 384 g/mol. The summed E-state index contributed by atoms with van der Waals surface area (Å²) in [6, 6.07) is 10.4. The number of nitrogens with zero attached hydrogens (tertiary/aromatic N) is 5. The van der Waals surface area contributed by atoms with Gasteiger partial charge in [0.1, 0.15) is 6.07 Å². The highest BCUT2D eigenvalue weighted by Crippen LogP contribution is 2.23. The summed E-state index contributed by atoms with van der Waals surface area (Å²) in [7, 11) is 1.84. The molecule has 26 heavy (non-hydrogen) atoms. The number of halogens is 1. The topological polar surface area (TPSA) is 96.5 Å². The van der Waals surface area contributed by atoms with Crippen molar-refractivity contribution in [3.63, 3.8) is 0 Å². The normalized spacial score (nSPS) is 10.3. The van der Waals surface area contributed by atoms with Gasteiger partial charge in [0.25, 0.3) is 0 Å². The summed E-state index contributed by atoms with van der Waals surface area (Å²) in [4.78, 5) is 16.1. The minimum atomic E-state index is -0.204. The maximum Gasteiger partial charge on any atom is 0.234 e. The molecular formula is C17H13ClN6OS. The number of aromatic nitrogens is 4. The van der Waals surface area contributed by atoms with Crippen LogP contribution in [0.25, 0.3) is 11.4 Å². The third-order valence-corrected chi connectivity index (χ3v) is 4.81. The minimum absolute atomic E-state index is 0.167. The number of nitrogens with one attached hydrogen (secondary N) is 1. The first-order valence-electron chi connectivity index (χ1n) is 7.50. The average Bonchev–Trinajstić information content (AvgIpc) is 3.01.